The lowest BCUT2D eigenvalue weighted by Crippen LogP contribution is -2.14. The second kappa shape index (κ2) is 6.14. The smallest absolute Gasteiger partial charge is 0.224 e. The third-order valence-corrected chi connectivity index (χ3v) is 2.85. The van der Waals surface area contributed by atoms with Crippen LogP contribution in [0.5, 0.6) is 0 Å². The first-order valence-electron chi connectivity index (χ1n) is 6.14. The zero-order valence-corrected chi connectivity index (χ0v) is 10.7. The highest BCUT2D eigenvalue weighted by atomic mass is 19.1. The van der Waals surface area contributed by atoms with Crippen molar-refractivity contribution in [2.24, 2.45) is 0 Å². The molecule has 0 saturated carbocycles. The van der Waals surface area contributed by atoms with Crippen LogP contribution in [0, 0.1) is 11.6 Å². The van der Waals surface area contributed by atoms with Crippen molar-refractivity contribution in [2.75, 3.05) is 11.1 Å². The molecular weight excluding hydrogens is 262 g/mol. The van der Waals surface area contributed by atoms with Gasteiger partial charge in [-0.25, -0.2) is 8.78 Å². The number of amides is 1. The van der Waals surface area contributed by atoms with Crippen LogP contribution in [-0.2, 0) is 11.2 Å². The fourth-order valence-electron chi connectivity index (χ4n) is 1.76. The van der Waals surface area contributed by atoms with Gasteiger partial charge in [0.15, 0.2) is 0 Å². The molecule has 3 nitrogen and oxygen atoms in total. The van der Waals surface area contributed by atoms with Gasteiger partial charge in [0.2, 0.25) is 5.91 Å². The Morgan fingerprint density at radius 2 is 1.65 bits per heavy atom. The molecule has 0 heterocycles. The number of hydrogen-bond donors (Lipinski definition) is 2. The lowest BCUT2D eigenvalue weighted by molar-refractivity contribution is -0.116. The van der Waals surface area contributed by atoms with Crippen molar-refractivity contribution in [1.82, 2.24) is 0 Å². The number of nitrogens with two attached hydrogens (primary N) is 1. The zero-order chi connectivity index (χ0) is 14.5. The number of halogens is 2. The van der Waals surface area contributed by atoms with Crippen molar-refractivity contribution in [3.63, 3.8) is 0 Å². The summed E-state index contributed by atoms with van der Waals surface area (Å²) in [5.41, 5.74) is 6.73. The highest BCUT2D eigenvalue weighted by Crippen LogP contribution is 2.18. The van der Waals surface area contributed by atoms with Crippen LogP contribution < -0.4 is 11.1 Å². The highest BCUT2D eigenvalue weighted by molar-refractivity contribution is 5.91. The second-order valence-corrected chi connectivity index (χ2v) is 4.39. The van der Waals surface area contributed by atoms with E-state index in [0.717, 1.165) is 17.7 Å². The van der Waals surface area contributed by atoms with Crippen molar-refractivity contribution < 1.29 is 13.6 Å². The number of hydrogen-bond acceptors (Lipinski definition) is 2. The van der Waals surface area contributed by atoms with Gasteiger partial charge in [-0.3, -0.25) is 4.79 Å². The summed E-state index contributed by atoms with van der Waals surface area (Å²) < 4.78 is 26.7. The molecule has 0 bridgehead atoms. The number of benzene rings is 2. The van der Waals surface area contributed by atoms with Gasteiger partial charge in [-0.05, 0) is 36.2 Å². The molecule has 3 N–H and O–H groups in total. The first-order valence-corrected chi connectivity index (χ1v) is 6.14. The SMILES string of the molecule is Nc1ccc(CCC(=O)Nc2c(F)cccc2F)cc1. The molecule has 0 spiro atoms. The second-order valence-electron chi connectivity index (χ2n) is 4.39. The molecule has 2 aromatic carbocycles. The predicted octanol–water partition coefficient (Wildman–Crippen LogP) is 3.12. The van der Waals surface area contributed by atoms with Crippen LogP contribution in [0.3, 0.4) is 0 Å². The van der Waals surface area contributed by atoms with Crippen LogP contribution in [0.25, 0.3) is 0 Å². The average Bonchev–Trinajstić information content (AvgIpc) is 2.42. The molecule has 1 amide bonds. The van der Waals surface area contributed by atoms with Crippen molar-refractivity contribution in [2.45, 2.75) is 12.8 Å². The van der Waals surface area contributed by atoms with Crippen LogP contribution in [0.1, 0.15) is 12.0 Å². The van der Waals surface area contributed by atoms with Crippen LogP contribution in [-0.4, -0.2) is 5.91 Å². The maximum atomic E-state index is 13.3. The molecule has 2 aromatic rings. The number of carbonyl (C=O) groups excluding carboxylic acids is 1. The van der Waals surface area contributed by atoms with Crippen molar-refractivity contribution >= 4 is 17.3 Å². The number of para-hydroxylation sites is 1. The Morgan fingerprint density at radius 3 is 2.25 bits per heavy atom. The maximum absolute atomic E-state index is 13.3. The third-order valence-electron chi connectivity index (χ3n) is 2.85. The Hall–Kier alpha value is -2.43. The topological polar surface area (TPSA) is 55.1 Å². The number of nitrogen functional groups attached to an aromatic ring is 1. The van der Waals surface area contributed by atoms with E-state index in [9.17, 15) is 13.6 Å². The number of anilines is 2. The lowest BCUT2D eigenvalue weighted by Gasteiger charge is -2.07. The molecule has 0 fully saturated rings. The zero-order valence-electron chi connectivity index (χ0n) is 10.7. The van der Waals surface area contributed by atoms with Gasteiger partial charge in [-0.2, -0.15) is 0 Å². The van der Waals surface area contributed by atoms with E-state index in [2.05, 4.69) is 5.32 Å². The minimum atomic E-state index is -0.786. The molecular formula is C15H14F2N2O. The van der Waals surface area contributed by atoms with E-state index in [-0.39, 0.29) is 6.42 Å². The number of carbonyl (C=O) groups is 1. The van der Waals surface area contributed by atoms with E-state index in [1.165, 1.54) is 6.07 Å². The molecule has 0 aliphatic heterocycles. The van der Waals surface area contributed by atoms with Crippen LogP contribution in [0.15, 0.2) is 42.5 Å². The molecule has 0 aromatic heterocycles. The largest absolute Gasteiger partial charge is 0.399 e. The van der Waals surface area contributed by atoms with Gasteiger partial charge in [0, 0.05) is 12.1 Å². The summed E-state index contributed by atoms with van der Waals surface area (Å²) in [6.45, 7) is 0. The van der Waals surface area contributed by atoms with Gasteiger partial charge in [0.1, 0.15) is 17.3 Å². The first-order chi connectivity index (χ1) is 9.56. The van der Waals surface area contributed by atoms with Gasteiger partial charge in [0.25, 0.3) is 0 Å². The Balaban J connectivity index is 1.94. The first kappa shape index (κ1) is 14.0. The molecule has 0 radical (unpaired) electrons. The van der Waals surface area contributed by atoms with E-state index in [4.69, 9.17) is 5.73 Å². The van der Waals surface area contributed by atoms with Gasteiger partial charge < -0.3 is 11.1 Å². The van der Waals surface area contributed by atoms with Crippen molar-refractivity contribution in [1.29, 1.82) is 0 Å². The summed E-state index contributed by atoms with van der Waals surface area (Å²) in [6.07, 6.45) is 0.611. The van der Waals surface area contributed by atoms with E-state index in [1.54, 1.807) is 12.1 Å². The standard InChI is InChI=1S/C15H14F2N2O/c16-12-2-1-3-13(17)15(12)19-14(20)9-6-10-4-7-11(18)8-5-10/h1-5,7-8H,6,9,18H2,(H,19,20). The van der Waals surface area contributed by atoms with Crippen LogP contribution >= 0.6 is 0 Å². The summed E-state index contributed by atoms with van der Waals surface area (Å²) in [5, 5.41) is 2.25. The fraction of sp³-hybridized carbons (Fsp3) is 0.133. The quantitative estimate of drug-likeness (QED) is 0.843. The molecule has 20 heavy (non-hydrogen) atoms. The molecule has 0 saturated heterocycles. The summed E-state index contributed by atoms with van der Waals surface area (Å²) in [7, 11) is 0. The number of nitrogens with one attached hydrogen (secondary N) is 1. The third kappa shape index (κ3) is 3.54. The Morgan fingerprint density at radius 1 is 1.05 bits per heavy atom. The molecule has 5 heteroatoms. The average molecular weight is 276 g/mol. The molecule has 0 aliphatic rings. The molecule has 0 atom stereocenters. The maximum Gasteiger partial charge on any atom is 0.224 e. The minimum Gasteiger partial charge on any atom is -0.399 e. The minimum absolute atomic E-state index is 0.137. The van der Waals surface area contributed by atoms with Gasteiger partial charge in [-0.1, -0.05) is 18.2 Å². The van der Waals surface area contributed by atoms with E-state index >= 15 is 0 Å². The van der Waals surface area contributed by atoms with Crippen molar-refractivity contribution in [3.8, 4) is 0 Å². The highest BCUT2D eigenvalue weighted by Gasteiger charge is 2.11. The van der Waals surface area contributed by atoms with Gasteiger partial charge in [0.05, 0.1) is 0 Å². The van der Waals surface area contributed by atoms with E-state index in [0.29, 0.717) is 12.1 Å². The summed E-state index contributed by atoms with van der Waals surface area (Å²) in [4.78, 5) is 11.7. The summed E-state index contributed by atoms with van der Waals surface area (Å²) >= 11 is 0. The molecule has 2 rings (SSSR count). The number of aryl methyl sites for hydroxylation is 1. The Labute approximate surface area is 115 Å². The summed E-state index contributed by atoms with van der Waals surface area (Å²) in [6, 6.07) is 10.5. The monoisotopic (exact) mass is 276 g/mol. The number of rotatable bonds is 4. The molecule has 104 valence electrons. The van der Waals surface area contributed by atoms with Crippen molar-refractivity contribution in [3.05, 3.63) is 59.7 Å². The summed E-state index contributed by atoms with van der Waals surface area (Å²) in [5.74, 6) is -2.01. The normalized spacial score (nSPS) is 10.3. The van der Waals surface area contributed by atoms with Gasteiger partial charge in [-0.15, -0.1) is 0 Å². The molecule has 0 unspecified atom stereocenters. The van der Waals surface area contributed by atoms with Crippen LogP contribution in [0.4, 0.5) is 20.2 Å². The predicted molar refractivity (Wildman–Crippen MR) is 74.2 cm³/mol. The molecule has 0 aliphatic carbocycles. The van der Waals surface area contributed by atoms with E-state index in [1.807, 2.05) is 12.1 Å². The van der Waals surface area contributed by atoms with Gasteiger partial charge >= 0.3 is 0 Å². The Bertz CT molecular complexity index is 592. The van der Waals surface area contributed by atoms with Crippen LogP contribution in [0.2, 0.25) is 0 Å². The fourth-order valence-corrected chi connectivity index (χ4v) is 1.76. The lowest BCUT2D eigenvalue weighted by atomic mass is 10.1. The Kier molecular flexibility index (Phi) is 4.30. The van der Waals surface area contributed by atoms with E-state index < -0.39 is 23.2 Å².